The molecule has 1 aromatic carbocycles. The van der Waals surface area contributed by atoms with Gasteiger partial charge in [0.05, 0.1) is 4.47 Å². The molecule has 2 unspecified atom stereocenters. The molecule has 4 heteroatoms. The predicted molar refractivity (Wildman–Crippen MR) is 85.8 cm³/mol. The molecule has 0 fully saturated rings. The second-order valence-corrected chi connectivity index (χ2v) is 7.27. The average molecular weight is 354 g/mol. The number of aryl methyl sites for hydroxylation is 1. The Balaban J connectivity index is 1.77. The van der Waals surface area contributed by atoms with Gasteiger partial charge in [-0.25, -0.2) is 4.39 Å². The molecule has 0 saturated heterocycles. The fourth-order valence-corrected chi connectivity index (χ4v) is 4.47. The first-order valence-electron chi connectivity index (χ1n) is 6.91. The normalized spacial score (nSPS) is 19.6. The van der Waals surface area contributed by atoms with Crippen LogP contribution < -0.4 is 5.73 Å². The maximum Gasteiger partial charge on any atom is 0.137 e. The van der Waals surface area contributed by atoms with Crippen molar-refractivity contribution in [3.8, 4) is 0 Å². The van der Waals surface area contributed by atoms with Crippen LogP contribution in [0.25, 0.3) is 0 Å². The zero-order valence-corrected chi connectivity index (χ0v) is 13.5. The minimum Gasteiger partial charge on any atom is -0.327 e. The highest BCUT2D eigenvalue weighted by atomic mass is 79.9. The van der Waals surface area contributed by atoms with Gasteiger partial charge in [0.1, 0.15) is 5.82 Å². The van der Waals surface area contributed by atoms with Gasteiger partial charge < -0.3 is 5.73 Å². The smallest absolute Gasteiger partial charge is 0.137 e. The van der Waals surface area contributed by atoms with Crippen molar-refractivity contribution in [1.82, 2.24) is 0 Å². The SMILES string of the molecule is NC(Cc1ccc(F)c(Br)c1)C1CCCc2sccc21. The lowest BCUT2D eigenvalue weighted by Crippen LogP contribution is -2.32. The number of rotatable bonds is 3. The van der Waals surface area contributed by atoms with E-state index in [4.69, 9.17) is 5.73 Å². The number of halogens is 2. The van der Waals surface area contributed by atoms with E-state index in [1.807, 2.05) is 23.5 Å². The summed E-state index contributed by atoms with van der Waals surface area (Å²) < 4.78 is 13.8. The zero-order chi connectivity index (χ0) is 14.1. The van der Waals surface area contributed by atoms with Gasteiger partial charge in [0.15, 0.2) is 0 Å². The molecule has 20 heavy (non-hydrogen) atoms. The summed E-state index contributed by atoms with van der Waals surface area (Å²) in [5.41, 5.74) is 8.97. The van der Waals surface area contributed by atoms with Crippen molar-refractivity contribution in [2.75, 3.05) is 0 Å². The highest BCUT2D eigenvalue weighted by Crippen LogP contribution is 2.37. The Morgan fingerprint density at radius 3 is 3.05 bits per heavy atom. The van der Waals surface area contributed by atoms with Crippen LogP contribution in [0.5, 0.6) is 0 Å². The van der Waals surface area contributed by atoms with Gasteiger partial charge >= 0.3 is 0 Å². The molecule has 0 aliphatic heterocycles. The monoisotopic (exact) mass is 353 g/mol. The number of thiophene rings is 1. The fourth-order valence-electron chi connectivity index (χ4n) is 3.05. The summed E-state index contributed by atoms with van der Waals surface area (Å²) in [4.78, 5) is 1.50. The Hall–Kier alpha value is -0.710. The van der Waals surface area contributed by atoms with Gasteiger partial charge in [-0.3, -0.25) is 0 Å². The van der Waals surface area contributed by atoms with Crippen molar-refractivity contribution in [2.24, 2.45) is 5.73 Å². The van der Waals surface area contributed by atoms with Gasteiger partial charge in [-0.2, -0.15) is 0 Å². The number of nitrogens with two attached hydrogens (primary N) is 1. The lowest BCUT2D eigenvalue weighted by Gasteiger charge is -2.28. The summed E-state index contributed by atoms with van der Waals surface area (Å²) >= 11 is 5.08. The van der Waals surface area contributed by atoms with Crippen LogP contribution in [0, 0.1) is 5.82 Å². The second-order valence-electron chi connectivity index (χ2n) is 5.41. The Labute approximate surface area is 131 Å². The number of benzene rings is 1. The van der Waals surface area contributed by atoms with Crippen molar-refractivity contribution in [1.29, 1.82) is 0 Å². The van der Waals surface area contributed by atoms with Crippen LogP contribution >= 0.6 is 27.3 Å². The summed E-state index contributed by atoms with van der Waals surface area (Å²) in [6, 6.07) is 7.50. The van der Waals surface area contributed by atoms with Crippen LogP contribution in [0.2, 0.25) is 0 Å². The first-order chi connectivity index (χ1) is 9.65. The van der Waals surface area contributed by atoms with E-state index >= 15 is 0 Å². The topological polar surface area (TPSA) is 26.0 Å². The summed E-state index contributed by atoms with van der Waals surface area (Å²) in [6.07, 6.45) is 4.36. The standard InChI is InChI=1S/C16H17BrFNS/c17-13-8-10(4-5-14(13)18)9-15(19)11-2-1-3-16-12(11)6-7-20-16/h4-8,11,15H,1-3,9,19H2. The molecule has 1 aliphatic carbocycles. The lowest BCUT2D eigenvalue weighted by atomic mass is 9.81. The van der Waals surface area contributed by atoms with Gasteiger partial charge in [0, 0.05) is 16.8 Å². The van der Waals surface area contributed by atoms with E-state index in [-0.39, 0.29) is 11.9 Å². The lowest BCUT2D eigenvalue weighted by molar-refractivity contribution is 0.463. The Kier molecular flexibility index (Phi) is 4.24. The van der Waals surface area contributed by atoms with E-state index < -0.39 is 0 Å². The van der Waals surface area contributed by atoms with Crippen LogP contribution in [-0.2, 0) is 12.8 Å². The minimum absolute atomic E-state index is 0.0982. The third-order valence-electron chi connectivity index (χ3n) is 4.07. The van der Waals surface area contributed by atoms with E-state index in [0.29, 0.717) is 10.4 Å². The first-order valence-corrected chi connectivity index (χ1v) is 8.58. The van der Waals surface area contributed by atoms with Crippen molar-refractivity contribution in [3.05, 3.63) is 55.9 Å². The minimum atomic E-state index is -0.222. The van der Waals surface area contributed by atoms with E-state index in [0.717, 1.165) is 18.4 Å². The third-order valence-corrected chi connectivity index (χ3v) is 5.67. The van der Waals surface area contributed by atoms with Crippen LogP contribution in [0.1, 0.15) is 34.8 Å². The van der Waals surface area contributed by atoms with Gasteiger partial charge in [-0.15, -0.1) is 11.3 Å². The summed E-state index contributed by atoms with van der Waals surface area (Å²) in [6.45, 7) is 0. The van der Waals surface area contributed by atoms with Gasteiger partial charge in [-0.05, 0) is 76.3 Å². The number of hydrogen-bond donors (Lipinski definition) is 1. The molecule has 106 valence electrons. The molecule has 1 nitrogen and oxygen atoms in total. The average Bonchev–Trinajstić information content (AvgIpc) is 2.91. The third kappa shape index (κ3) is 2.83. The maximum absolute atomic E-state index is 13.3. The zero-order valence-electron chi connectivity index (χ0n) is 11.1. The van der Waals surface area contributed by atoms with E-state index in [1.165, 1.54) is 29.3 Å². The maximum atomic E-state index is 13.3. The summed E-state index contributed by atoms with van der Waals surface area (Å²) in [5, 5.41) is 2.17. The van der Waals surface area contributed by atoms with Gasteiger partial charge in [0.2, 0.25) is 0 Å². The molecule has 1 aromatic heterocycles. The van der Waals surface area contributed by atoms with Crippen LogP contribution in [0.15, 0.2) is 34.1 Å². The Bertz CT molecular complexity index is 610. The van der Waals surface area contributed by atoms with Crippen LogP contribution in [0.3, 0.4) is 0 Å². The molecule has 2 atom stereocenters. The molecule has 0 amide bonds. The van der Waals surface area contributed by atoms with E-state index in [1.54, 1.807) is 0 Å². The number of hydrogen-bond acceptors (Lipinski definition) is 2. The highest BCUT2D eigenvalue weighted by Gasteiger charge is 2.26. The Morgan fingerprint density at radius 2 is 2.25 bits per heavy atom. The molecule has 1 heterocycles. The molecule has 2 aromatic rings. The van der Waals surface area contributed by atoms with Crippen LogP contribution in [0.4, 0.5) is 4.39 Å². The largest absolute Gasteiger partial charge is 0.327 e. The highest BCUT2D eigenvalue weighted by molar-refractivity contribution is 9.10. The van der Waals surface area contributed by atoms with Crippen LogP contribution in [-0.4, -0.2) is 6.04 Å². The predicted octanol–water partition coefficient (Wildman–Crippen LogP) is 4.64. The van der Waals surface area contributed by atoms with Gasteiger partial charge in [0.25, 0.3) is 0 Å². The van der Waals surface area contributed by atoms with E-state index in [9.17, 15) is 4.39 Å². The second kappa shape index (κ2) is 5.96. The van der Waals surface area contributed by atoms with Gasteiger partial charge in [-0.1, -0.05) is 6.07 Å². The number of fused-ring (bicyclic) bond motifs is 1. The molecule has 0 spiro atoms. The molecule has 3 rings (SSSR count). The molecular weight excluding hydrogens is 337 g/mol. The summed E-state index contributed by atoms with van der Waals surface area (Å²) in [7, 11) is 0. The van der Waals surface area contributed by atoms with Crippen molar-refractivity contribution in [3.63, 3.8) is 0 Å². The molecule has 2 N–H and O–H groups in total. The molecule has 0 radical (unpaired) electrons. The molecular formula is C16H17BrFNS. The van der Waals surface area contributed by atoms with Crippen molar-refractivity contribution < 1.29 is 4.39 Å². The van der Waals surface area contributed by atoms with Crippen molar-refractivity contribution in [2.45, 2.75) is 37.6 Å². The Morgan fingerprint density at radius 1 is 1.40 bits per heavy atom. The first kappa shape index (κ1) is 14.2. The quantitative estimate of drug-likeness (QED) is 0.854. The molecule has 0 saturated carbocycles. The summed E-state index contributed by atoms with van der Waals surface area (Å²) in [5.74, 6) is 0.217. The molecule has 0 bridgehead atoms. The van der Waals surface area contributed by atoms with Crippen molar-refractivity contribution >= 4 is 27.3 Å². The fraction of sp³-hybridized carbons (Fsp3) is 0.375. The van der Waals surface area contributed by atoms with E-state index in [2.05, 4.69) is 27.4 Å². The molecule has 1 aliphatic rings.